The molecule has 1 fully saturated rings. The number of hydrogen-bond acceptors (Lipinski definition) is 3. The molecule has 0 unspecified atom stereocenters. The number of rotatable bonds is 3. The minimum atomic E-state index is -6.07. The lowest BCUT2D eigenvalue weighted by atomic mass is 9.99. The first-order chi connectivity index (χ1) is 8.77. The molecule has 4 nitrogen and oxygen atoms in total. The number of alkyl halides is 6. The van der Waals surface area contributed by atoms with E-state index in [2.05, 4.69) is 4.28 Å². The average Bonchev–Trinajstić information content (AvgIpc) is 2.18. The zero-order valence-corrected chi connectivity index (χ0v) is 11.3. The molecule has 0 radical (unpaired) electrons. The molecule has 1 heterocycles. The lowest BCUT2D eigenvalue weighted by molar-refractivity contribution is -1.09. The molecule has 11 heteroatoms. The summed E-state index contributed by atoms with van der Waals surface area (Å²) >= 11 is 0. The molecule has 0 atom stereocenters. The van der Waals surface area contributed by atoms with E-state index in [0.29, 0.717) is 0 Å². The Balaban J connectivity index is 3.01. The highest BCUT2D eigenvalue weighted by atomic mass is 32.2. The van der Waals surface area contributed by atoms with Crippen LogP contribution in [-0.2, 0) is 14.4 Å². The van der Waals surface area contributed by atoms with Crippen molar-refractivity contribution >= 4 is 10.1 Å². The Morgan fingerprint density at radius 1 is 1.10 bits per heavy atom. The quantitative estimate of drug-likeness (QED) is 0.454. The molecule has 0 spiro atoms. The molecular formula is C9H14F6NO3S+. The highest BCUT2D eigenvalue weighted by Gasteiger charge is 2.56. The van der Waals surface area contributed by atoms with Crippen molar-refractivity contribution in [3.05, 3.63) is 0 Å². The summed E-state index contributed by atoms with van der Waals surface area (Å²) in [6.07, 6.45) is -4.52. The molecule has 0 aromatic rings. The molecule has 0 aromatic heterocycles. The Kier molecular flexibility index (Phi) is 4.67. The van der Waals surface area contributed by atoms with E-state index < -0.39 is 46.1 Å². The van der Waals surface area contributed by atoms with Gasteiger partial charge in [0.1, 0.15) is 13.1 Å². The summed E-state index contributed by atoms with van der Waals surface area (Å²) in [6.45, 7) is -0.916. The number of quaternary nitrogens is 1. The van der Waals surface area contributed by atoms with E-state index in [0.717, 1.165) is 0 Å². The van der Waals surface area contributed by atoms with Gasteiger partial charge in [0.05, 0.1) is 0 Å². The Labute approximate surface area is 112 Å². The summed E-state index contributed by atoms with van der Waals surface area (Å²) in [4.78, 5) is 0. The van der Waals surface area contributed by atoms with Gasteiger partial charge in [-0.1, -0.05) is 11.2 Å². The van der Waals surface area contributed by atoms with Gasteiger partial charge in [0.15, 0.2) is 0 Å². The predicted molar refractivity (Wildman–Crippen MR) is 55.4 cm³/mol. The highest BCUT2D eigenvalue weighted by Crippen LogP contribution is 2.34. The van der Waals surface area contributed by atoms with E-state index in [9.17, 15) is 34.8 Å². The van der Waals surface area contributed by atoms with Crippen LogP contribution in [0.2, 0.25) is 0 Å². The van der Waals surface area contributed by atoms with Gasteiger partial charge in [-0.15, -0.1) is 0 Å². The van der Waals surface area contributed by atoms with Crippen LogP contribution in [0.15, 0.2) is 0 Å². The van der Waals surface area contributed by atoms with E-state index in [1.807, 2.05) is 0 Å². The number of hydrogen-bond donors (Lipinski definition) is 0. The maximum atomic E-state index is 12.5. The summed E-state index contributed by atoms with van der Waals surface area (Å²) in [5.41, 5.74) is -5.74. The van der Waals surface area contributed by atoms with E-state index in [4.69, 9.17) is 0 Å². The normalized spacial score (nSPS) is 29.4. The van der Waals surface area contributed by atoms with E-state index in [1.54, 1.807) is 6.92 Å². The molecule has 0 N–H and O–H groups in total. The molecule has 1 aliphatic heterocycles. The minimum absolute atomic E-state index is 0.00618. The predicted octanol–water partition coefficient (Wildman–Crippen LogP) is 2.58. The summed E-state index contributed by atoms with van der Waals surface area (Å²) in [7, 11) is -6.07. The third-order valence-corrected chi connectivity index (χ3v) is 4.15. The van der Waals surface area contributed by atoms with Crippen molar-refractivity contribution in [3.8, 4) is 0 Å². The molecular weight excluding hydrogens is 316 g/mol. The number of halogens is 6. The fourth-order valence-corrected chi connectivity index (χ4v) is 2.71. The van der Waals surface area contributed by atoms with Crippen molar-refractivity contribution < 1.29 is 43.7 Å². The second-order valence-electron chi connectivity index (χ2n) is 4.94. The number of piperidine rings is 1. The Morgan fingerprint density at radius 2 is 1.55 bits per heavy atom. The van der Waals surface area contributed by atoms with Crippen LogP contribution in [0.1, 0.15) is 19.8 Å². The molecule has 1 rings (SSSR count). The molecule has 0 saturated carbocycles. The topological polar surface area (TPSA) is 43.4 Å². The third-order valence-electron chi connectivity index (χ3n) is 3.07. The van der Waals surface area contributed by atoms with Gasteiger partial charge in [0.25, 0.3) is 0 Å². The lowest BCUT2D eigenvalue weighted by Crippen LogP contribution is -2.58. The summed E-state index contributed by atoms with van der Waals surface area (Å²) in [5.74, 6) is 0.00618. The molecule has 1 aliphatic rings. The van der Waals surface area contributed by atoms with E-state index >= 15 is 0 Å². The van der Waals surface area contributed by atoms with Crippen LogP contribution < -0.4 is 0 Å². The van der Waals surface area contributed by atoms with Crippen molar-refractivity contribution in [2.24, 2.45) is 5.92 Å². The first-order valence-electron chi connectivity index (χ1n) is 5.72. The second kappa shape index (κ2) is 5.34. The van der Waals surface area contributed by atoms with Gasteiger partial charge in [-0.25, -0.2) is 0 Å². The van der Waals surface area contributed by atoms with Gasteiger partial charge in [-0.2, -0.15) is 39.4 Å². The van der Waals surface area contributed by atoms with Gasteiger partial charge >= 0.3 is 21.8 Å². The number of hydroxylamine groups is 3. The van der Waals surface area contributed by atoms with Crippen LogP contribution in [0.25, 0.3) is 0 Å². The minimum Gasteiger partial charge on any atom is -0.185 e. The Morgan fingerprint density at radius 3 is 1.90 bits per heavy atom. The Hall–Kier alpha value is -0.550. The lowest BCUT2D eigenvalue weighted by Gasteiger charge is -2.39. The van der Waals surface area contributed by atoms with Gasteiger partial charge < -0.3 is 0 Å². The first-order valence-corrected chi connectivity index (χ1v) is 7.12. The standard InChI is InChI=1S/C9H14F6NO3S/c1-7-2-4-16(5-3-7,6-8(10,11)12)19-20(17,18)9(13,14)15/h7H,2-6H2,1H3/q+1. The van der Waals surface area contributed by atoms with E-state index in [-0.39, 0.29) is 18.8 Å². The molecule has 0 aliphatic carbocycles. The van der Waals surface area contributed by atoms with Crippen molar-refractivity contribution in [2.75, 3.05) is 19.6 Å². The maximum Gasteiger partial charge on any atom is 0.528 e. The fraction of sp³-hybridized carbons (Fsp3) is 1.00. The molecule has 120 valence electrons. The number of likely N-dealkylation sites (tertiary alicyclic amines) is 1. The van der Waals surface area contributed by atoms with Gasteiger partial charge in [-0.3, -0.25) is 0 Å². The maximum absolute atomic E-state index is 12.5. The van der Waals surface area contributed by atoms with Gasteiger partial charge in [0.2, 0.25) is 6.54 Å². The van der Waals surface area contributed by atoms with Crippen LogP contribution in [0.5, 0.6) is 0 Å². The van der Waals surface area contributed by atoms with Crippen molar-refractivity contribution in [2.45, 2.75) is 31.5 Å². The monoisotopic (exact) mass is 330 g/mol. The number of nitrogens with zero attached hydrogens (tertiary/aromatic N) is 1. The smallest absolute Gasteiger partial charge is 0.185 e. The van der Waals surface area contributed by atoms with Crippen LogP contribution in [0.3, 0.4) is 0 Å². The third kappa shape index (κ3) is 4.48. The molecule has 0 bridgehead atoms. The highest BCUT2D eigenvalue weighted by molar-refractivity contribution is 7.87. The van der Waals surface area contributed by atoms with Crippen LogP contribution in [0, 0.1) is 5.92 Å². The van der Waals surface area contributed by atoms with E-state index in [1.165, 1.54) is 0 Å². The van der Waals surface area contributed by atoms with Crippen molar-refractivity contribution in [1.29, 1.82) is 0 Å². The fourth-order valence-electron chi connectivity index (χ4n) is 2.00. The summed E-state index contributed by atoms with van der Waals surface area (Å²) in [5, 5.41) is 0. The zero-order valence-electron chi connectivity index (χ0n) is 10.5. The molecule has 0 aromatic carbocycles. The second-order valence-corrected chi connectivity index (χ2v) is 6.46. The zero-order chi connectivity index (χ0) is 15.8. The first kappa shape index (κ1) is 17.5. The van der Waals surface area contributed by atoms with Gasteiger partial charge in [0, 0.05) is 12.8 Å². The summed E-state index contributed by atoms with van der Waals surface area (Å²) in [6, 6.07) is 0. The van der Waals surface area contributed by atoms with Crippen molar-refractivity contribution in [3.63, 3.8) is 0 Å². The van der Waals surface area contributed by atoms with Crippen LogP contribution in [0.4, 0.5) is 26.3 Å². The molecule has 0 amide bonds. The van der Waals surface area contributed by atoms with Crippen molar-refractivity contribution in [1.82, 2.24) is 0 Å². The molecule has 20 heavy (non-hydrogen) atoms. The molecule has 1 saturated heterocycles. The van der Waals surface area contributed by atoms with Crippen LogP contribution >= 0.6 is 0 Å². The van der Waals surface area contributed by atoms with Crippen LogP contribution in [-0.4, -0.2) is 44.4 Å². The van der Waals surface area contributed by atoms with Gasteiger partial charge in [-0.05, 0) is 5.92 Å². The SMILES string of the molecule is CC1CC[N+](CC(F)(F)F)(OS(=O)(=O)C(F)(F)F)CC1. The Bertz CT molecular complexity index is 436. The summed E-state index contributed by atoms with van der Waals surface area (Å²) < 4.78 is 98.5. The largest absolute Gasteiger partial charge is 0.528 e. The average molecular weight is 330 g/mol.